The van der Waals surface area contributed by atoms with Crippen molar-refractivity contribution < 1.29 is 14.6 Å². The fourth-order valence-corrected chi connectivity index (χ4v) is 1.70. The molecule has 1 aromatic carbocycles. The van der Waals surface area contributed by atoms with Crippen LogP contribution in [0.25, 0.3) is 0 Å². The van der Waals surface area contributed by atoms with Crippen molar-refractivity contribution in [3.05, 3.63) is 23.8 Å². The minimum absolute atomic E-state index is 0.198. The van der Waals surface area contributed by atoms with E-state index in [1.807, 2.05) is 19.1 Å². The Hall–Kier alpha value is -1.55. The Bertz CT molecular complexity index is 389. The van der Waals surface area contributed by atoms with Crippen LogP contribution < -0.4 is 10.1 Å². The summed E-state index contributed by atoms with van der Waals surface area (Å²) in [5, 5.41) is 11.2. The molecule has 2 N–H and O–H groups in total. The van der Waals surface area contributed by atoms with Crippen LogP contribution in [0, 0.1) is 0 Å². The highest BCUT2D eigenvalue weighted by molar-refractivity contribution is 5.91. The summed E-state index contributed by atoms with van der Waals surface area (Å²) in [6, 6.07) is 5.49. The molecule has 1 aliphatic heterocycles. The fourth-order valence-electron chi connectivity index (χ4n) is 1.70. The summed E-state index contributed by atoms with van der Waals surface area (Å²) in [5.74, 6) is 0.478. The van der Waals surface area contributed by atoms with Crippen LogP contribution in [-0.4, -0.2) is 23.7 Å². The van der Waals surface area contributed by atoms with E-state index in [2.05, 4.69) is 5.32 Å². The highest BCUT2D eigenvalue weighted by atomic mass is 16.5. The maximum absolute atomic E-state index is 11.0. The monoisotopic (exact) mass is 207 g/mol. The number of aliphatic hydroxyl groups is 1. The van der Waals surface area contributed by atoms with Crippen molar-refractivity contribution in [1.29, 1.82) is 0 Å². The van der Waals surface area contributed by atoms with Gasteiger partial charge < -0.3 is 15.2 Å². The minimum atomic E-state index is -0.496. The third kappa shape index (κ3) is 2.10. The number of aliphatic hydroxyl groups excluding tert-OH is 1. The first-order valence-electron chi connectivity index (χ1n) is 4.89. The summed E-state index contributed by atoms with van der Waals surface area (Å²) in [5.41, 5.74) is 1.80. The number of amides is 1. The summed E-state index contributed by atoms with van der Waals surface area (Å²) in [6.45, 7) is 1.51. The number of benzene rings is 1. The molecule has 0 saturated carbocycles. The molecule has 4 nitrogen and oxygen atoms in total. The van der Waals surface area contributed by atoms with Gasteiger partial charge in [-0.15, -0.1) is 0 Å². The largest absolute Gasteiger partial charge is 0.490 e. The lowest BCUT2D eigenvalue weighted by molar-refractivity contribution is -0.118. The third-order valence-corrected chi connectivity index (χ3v) is 2.32. The van der Waals surface area contributed by atoms with Crippen LogP contribution >= 0.6 is 0 Å². The molecule has 15 heavy (non-hydrogen) atoms. The molecule has 1 amide bonds. The highest BCUT2D eigenvalue weighted by Crippen LogP contribution is 2.30. The Morgan fingerprint density at radius 3 is 3.20 bits per heavy atom. The predicted octanol–water partition coefficient (Wildman–Crippen LogP) is 0.941. The number of hydrogen-bond donors (Lipinski definition) is 2. The van der Waals surface area contributed by atoms with Crippen molar-refractivity contribution in [2.24, 2.45) is 0 Å². The van der Waals surface area contributed by atoms with Crippen LogP contribution in [0.3, 0.4) is 0 Å². The van der Waals surface area contributed by atoms with Gasteiger partial charge in [0.05, 0.1) is 0 Å². The van der Waals surface area contributed by atoms with Gasteiger partial charge in [-0.1, -0.05) is 0 Å². The smallest absolute Gasteiger partial charge is 0.250 e. The van der Waals surface area contributed by atoms with Gasteiger partial charge in [0, 0.05) is 12.1 Å². The average Bonchev–Trinajstić information content (AvgIpc) is 2.57. The van der Waals surface area contributed by atoms with Crippen molar-refractivity contribution in [3.63, 3.8) is 0 Å². The van der Waals surface area contributed by atoms with Gasteiger partial charge in [-0.3, -0.25) is 4.79 Å². The number of carbonyl (C=O) groups is 1. The normalized spacial score (nSPS) is 18.1. The van der Waals surface area contributed by atoms with Crippen molar-refractivity contribution in [3.8, 4) is 5.75 Å². The molecule has 0 aromatic heterocycles. The molecule has 1 unspecified atom stereocenters. The van der Waals surface area contributed by atoms with Gasteiger partial charge in [0.1, 0.15) is 18.5 Å². The van der Waals surface area contributed by atoms with E-state index in [-0.39, 0.29) is 6.10 Å². The topological polar surface area (TPSA) is 58.6 Å². The number of fused-ring (bicyclic) bond motifs is 1. The van der Waals surface area contributed by atoms with Crippen molar-refractivity contribution in [2.75, 3.05) is 11.9 Å². The number of nitrogens with one attached hydrogen (secondary N) is 1. The number of ether oxygens (including phenoxy) is 1. The van der Waals surface area contributed by atoms with Gasteiger partial charge in [0.25, 0.3) is 0 Å². The fraction of sp³-hybridized carbons (Fsp3) is 0.364. The van der Waals surface area contributed by atoms with Crippen LogP contribution in [0.1, 0.15) is 12.5 Å². The quantitative estimate of drug-likeness (QED) is 0.758. The standard InChI is InChI=1S/C11H13NO3/c1-7-4-8-5-9(12-11(14)6-13)2-3-10(8)15-7/h2-3,5,7,13H,4,6H2,1H3,(H,12,14). The van der Waals surface area contributed by atoms with E-state index >= 15 is 0 Å². The molecule has 1 aliphatic rings. The molecule has 1 atom stereocenters. The molecule has 0 bridgehead atoms. The second-order valence-corrected chi connectivity index (χ2v) is 3.66. The number of carbonyl (C=O) groups excluding carboxylic acids is 1. The van der Waals surface area contributed by atoms with E-state index in [1.54, 1.807) is 6.07 Å². The number of rotatable bonds is 2. The summed E-state index contributed by atoms with van der Waals surface area (Å²) < 4.78 is 5.53. The zero-order valence-electron chi connectivity index (χ0n) is 8.49. The molecule has 0 spiro atoms. The molecular weight excluding hydrogens is 194 g/mol. The van der Waals surface area contributed by atoms with Gasteiger partial charge in [-0.2, -0.15) is 0 Å². The first-order chi connectivity index (χ1) is 7.19. The lowest BCUT2D eigenvalue weighted by atomic mass is 10.1. The Kier molecular flexibility index (Phi) is 2.60. The SMILES string of the molecule is CC1Cc2cc(NC(=O)CO)ccc2O1. The zero-order valence-corrected chi connectivity index (χ0v) is 8.49. The van der Waals surface area contributed by atoms with Crippen molar-refractivity contribution in [2.45, 2.75) is 19.4 Å². The highest BCUT2D eigenvalue weighted by Gasteiger charge is 2.18. The van der Waals surface area contributed by atoms with E-state index in [4.69, 9.17) is 9.84 Å². The second kappa shape index (κ2) is 3.90. The lowest BCUT2D eigenvalue weighted by Crippen LogP contribution is -2.15. The molecule has 4 heteroatoms. The molecule has 0 saturated heterocycles. The van der Waals surface area contributed by atoms with E-state index in [1.165, 1.54) is 0 Å². The van der Waals surface area contributed by atoms with Crippen LogP contribution in [0.15, 0.2) is 18.2 Å². The molecular formula is C11H13NO3. The molecule has 0 fully saturated rings. The first kappa shape index (κ1) is 9.98. The van der Waals surface area contributed by atoms with Gasteiger partial charge in [-0.25, -0.2) is 0 Å². The van der Waals surface area contributed by atoms with Crippen molar-refractivity contribution in [1.82, 2.24) is 0 Å². The third-order valence-electron chi connectivity index (χ3n) is 2.32. The van der Waals surface area contributed by atoms with Crippen LogP contribution in [0.5, 0.6) is 5.75 Å². The molecule has 1 heterocycles. The van der Waals surface area contributed by atoms with Gasteiger partial charge >= 0.3 is 0 Å². The number of hydrogen-bond acceptors (Lipinski definition) is 3. The van der Waals surface area contributed by atoms with E-state index in [0.717, 1.165) is 17.7 Å². The van der Waals surface area contributed by atoms with E-state index in [9.17, 15) is 4.79 Å². The Morgan fingerprint density at radius 1 is 1.67 bits per heavy atom. The van der Waals surface area contributed by atoms with E-state index in [0.29, 0.717) is 5.69 Å². The first-order valence-corrected chi connectivity index (χ1v) is 4.89. The summed E-state index contributed by atoms with van der Waals surface area (Å²) in [7, 11) is 0. The maximum Gasteiger partial charge on any atom is 0.250 e. The average molecular weight is 207 g/mol. The Morgan fingerprint density at radius 2 is 2.47 bits per heavy atom. The van der Waals surface area contributed by atoms with Crippen LogP contribution in [0.4, 0.5) is 5.69 Å². The Balaban J connectivity index is 2.16. The number of anilines is 1. The van der Waals surface area contributed by atoms with Crippen LogP contribution in [-0.2, 0) is 11.2 Å². The molecule has 0 radical (unpaired) electrons. The molecule has 1 aromatic rings. The minimum Gasteiger partial charge on any atom is -0.490 e. The molecule has 2 rings (SSSR count). The second-order valence-electron chi connectivity index (χ2n) is 3.66. The zero-order chi connectivity index (χ0) is 10.8. The maximum atomic E-state index is 11.0. The van der Waals surface area contributed by atoms with E-state index < -0.39 is 12.5 Å². The summed E-state index contributed by atoms with van der Waals surface area (Å²) >= 11 is 0. The van der Waals surface area contributed by atoms with Crippen molar-refractivity contribution >= 4 is 11.6 Å². The summed E-state index contributed by atoms with van der Waals surface area (Å²) in [6.07, 6.45) is 1.06. The summed E-state index contributed by atoms with van der Waals surface area (Å²) in [4.78, 5) is 11.0. The molecule has 80 valence electrons. The van der Waals surface area contributed by atoms with Gasteiger partial charge in [0.2, 0.25) is 5.91 Å². The van der Waals surface area contributed by atoms with Gasteiger partial charge in [-0.05, 0) is 30.7 Å². The van der Waals surface area contributed by atoms with Gasteiger partial charge in [0.15, 0.2) is 0 Å². The predicted molar refractivity (Wildman–Crippen MR) is 56.0 cm³/mol. The lowest BCUT2D eigenvalue weighted by Gasteiger charge is -2.05. The Labute approximate surface area is 87.9 Å². The van der Waals surface area contributed by atoms with Crippen LogP contribution in [0.2, 0.25) is 0 Å². The molecule has 0 aliphatic carbocycles.